The molecule has 0 aliphatic carbocycles. The molecule has 1 amide bonds. The lowest BCUT2D eigenvalue weighted by molar-refractivity contribution is -0.161. The van der Waals surface area contributed by atoms with Crippen molar-refractivity contribution in [3.63, 3.8) is 0 Å². The molecule has 202 valence electrons. The van der Waals surface area contributed by atoms with Gasteiger partial charge < -0.3 is 10.0 Å². The second kappa shape index (κ2) is 11.7. The maximum atomic E-state index is 14.4. The zero-order valence-electron chi connectivity index (χ0n) is 21.7. The molecule has 0 unspecified atom stereocenters. The lowest BCUT2D eigenvalue weighted by atomic mass is 9.65. The number of hydrogen-bond donors (Lipinski definition) is 1. The van der Waals surface area contributed by atoms with Crippen molar-refractivity contribution in [1.29, 1.82) is 0 Å². The van der Waals surface area contributed by atoms with Gasteiger partial charge in [-0.1, -0.05) is 61.3 Å². The van der Waals surface area contributed by atoms with E-state index < -0.39 is 38.6 Å². The Labute approximate surface area is 229 Å². The number of carboxylic acid groups (broad SMARTS) is 1. The van der Waals surface area contributed by atoms with Crippen LogP contribution in [-0.4, -0.2) is 47.3 Å². The number of benzene rings is 2. The van der Waals surface area contributed by atoms with Crippen molar-refractivity contribution in [2.45, 2.75) is 76.6 Å². The fraction of sp³-hybridized carbons (Fsp3) is 0.500. The van der Waals surface area contributed by atoms with E-state index in [-0.39, 0.29) is 24.0 Å². The summed E-state index contributed by atoms with van der Waals surface area (Å²) in [5.41, 5.74) is 0.495. The van der Waals surface area contributed by atoms with Gasteiger partial charge in [0.15, 0.2) is 9.84 Å². The zero-order valence-corrected chi connectivity index (χ0v) is 24.0. The van der Waals surface area contributed by atoms with Gasteiger partial charge in [-0.3, -0.25) is 9.59 Å². The Morgan fingerprint density at radius 3 is 2.24 bits per heavy atom. The highest BCUT2D eigenvalue weighted by Crippen LogP contribution is 2.53. The quantitative estimate of drug-likeness (QED) is 0.352. The summed E-state index contributed by atoms with van der Waals surface area (Å²) in [5, 5.41) is 10.3. The second-order valence-electron chi connectivity index (χ2n) is 10.2. The van der Waals surface area contributed by atoms with Crippen LogP contribution in [0.15, 0.2) is 48.5 Å². The molecule has 6 nitrogen and oxygen atoms in total. The second-order valence-corrected chi connectivity index (χ2v) is 13.7. The Bertz CT molecular complexity index is 1230. The van der Waals surface area contributed by atoms with Crippen molar-refractivity contribution >= 4 is 44.9 Å². The van der Waals surface area contributed by atoms with Gasteiger partial charge in [0.2, 0.25) is 5.91 Å². The van der Waals surface area contributed by atoms with Crippen LogP contribution in [0.4, 0.5) is 0 Å². The summed E-state index contributed by atoms with van der Waals surface area (Å²) >= 11 is 12.6. The van der Waals surface area contributed by atoms with Crippen LogP contribution in [-0.2, 0) is 19.4 Å². The summed E-state index contributed by atoms with van der Waals surface area (Å²) in [4.78, 5) is 28.1. The van der Waals surface area contributed by atoms with E-state index >= 15 is 0 Å². The van der Waals surface area contributed by atoms with Gasteiger partial charge in [0.25, 0.3) is 0 Å². The monoisotopic (exact) mass is 567 g/mol. The van der Waals surface area contributed by atoms with E-state index in [1.165, 1.54) is 0 Å². The summed E-state index contributed by atoms with van der Waals surface area (Å²) in [6.07, 6.45) is 0.673. The molecule has 1 saturated heterocycles. The normalized spacial score (nSPS) is 23.3. The van der Waals surface area contributed by atoms with E-state index in [1.807, 2.05) is 44.2 Å². The lowest BCUT2D eigenvalue weighted by Crippen LogP contribution is -2.58. The largest absolute Gasteiger partial charge is 0.481 e. The summed E-state index contributed by atoms with van der Waals surface area (Å²) in [7, 11) is -3.50. The summed E-state index contributed by atoms with van der Waals surface area (Å²) < 4.78 is 26.1. The molecule has 9 heteroatoms. The van der Waals surface area contributed by atoms with Crippen LogP contribution in [0.2, 0.25) is 10.0 Å². The third kappa shape index (κ3) is 6.32. The molecule has 2 aromatic rings. The maximum Gasteiger partial charge on any atom is 0.304 e. The van der Waals surface area contributed by atoms with Crippen molar-refractivity contribution < 1.29 is 23.1 Å². The van der Waals surface area contributed by atoms with Gasteiger partial charge >= 0.3 is 5.97 Å². The number of aliphatic carboxylic acids is 1. The van der Waals surface area contributed by atoms with Crippen molar-refractivity contribution in [1.82, 2.24) is 4.90 Å². The van der Waals surface area contributed by atoms with Crippen molar-refractivity contribution in [3.05, 3.63) is 69.7 Å². The Morgan fingerprint density at radius 1 is 1.08 bits per heavy atom. The van der Waals surface area contributed by atoms with E-state index in [2.05, 4.69) is 0 Å². The molecule has 1 fully saturated rings. The van der Waals surface area contributed by atoms with E-state index in [1.54, 1.807) is 36.9 Å². The number of carbonyl (C=O) groups excluding carboxylic acids is 1. The van der Waals surface area contributed by atoms with Crippen LogP contribution < -0.4 is 0 Å². The molecule has 3 rings (SSSR count). The molecular weight excluding hydrogens is 533 g/mol. The first-order valence-corrected chi connectivity index (χ1v) is 15.1. The van der Waals surface area contributed by atoms with Gasteiger partial charge in [0.05, 0.1) is 28.9 Å². The number of sulfone groups is 1. The van der Waals surface area contributed by atoms with E-state index in [9.17, 15) is 23.1 Å². The third-order valence-electron chi connectivity index (χ3n) is 7.64. The molecule has 1 aliphatic heterocycles. The van der Waals surface area contributed by atoms with E-state index in [0.29, 0.717) is 29.3 Å². The predicted octanol–water partition coefficient (Wildman–Crippen LogP) is 6.52. The van der Waals surface area contributed by atoms with Crippen LogP contribution >= 0.6 is 23.2 Å². The first kappa shape index (κ1) is 29.5. The molecule has 2 aromatic carbocycles. The summed E-state index contributed by atoms with van der Waals surface area (Å²) in [6.45, 7) is 6.95. The summed E-state index contributed by atoms with van der Waals surface area (Å²) in [5.74, 6) is -1.89. The molecule has 0 radical (unpaired) electrons. The standard InChI is InChI=1S/C28H35Cl2NO5S/c1-5-23(17-37(35,36)18(3)4)31-26(19-10-12-21(29)13-11-19)24(20-8-7-9-22(30)14-20)15-28(6-2,27(31)34)16-25(32)33/h7-14,18,23-24,26H,5-6,15-17H2,1-4H3,(H,32,33)/t23-,24+,26+,28-/m0/s1. The highest BCUT2D eigenvalue weighted by Gasteiger charge is 2.54. The number of halogens is 2. The fourth-order valence-electron chi connectivity index (χ4n) is 5.41. The van der Waals surface area contributed by atoms with Crippen molar-refractivity contribution in [2.24, 2.45) is 5.41 Å². The Balaban J connectivity index is 2.30. The highest BCUT2D eigenvalue weighted by atomic mass is 35.5. The zero-order chi connectivity index (χ0) is 27.5. The van der Waals surface area contributed by atoms with Crippen molar-refractivity contribution in [3.8, 4) is 0 Å². The minimum absolute atomic E-state index is 0.202. The number of carbonyl (C=O) groups is 2. The number of rotatable bonds is 10. The molecule has 0 aromatic heterocycles. The van der Waals surface area contributed by atoms with E-state index in [0.717, 1.165) is 11.1 Å². The van der Waals surface area contributed by atoms with Crippen LogP contribution in [0.5, 0.6) is 0 Å². The van der Waals surface area contributed by atoms with Crippen LogP contribution in [0.1, 0.15) is 76.5 Å². The molecule has 37 heavy (non-hydrogen) atoms. The lowest BCUT2D eigenvalue weighted by Gasteiger charge is -2.52. The molecule has 1 heterocycles. The molecule has 1 aliphatic rings. The molecule has 1 N–H and O–H groups in total. The Kier molecular flexibility index (Phi) is 9.36. The van der Waals surface area contributed by atoms with Crippen LogP contribution in [0.25, 0.3) is 0 Å². The number of hydrogen-bond acceptors (Lipinski definition) is 4. The number of piperidine rings is 1. The molecule has 0 spiro atoms. The molecule has 0 saturated carbocycles. The third-order valence-corrected chi connectivity index (χ3v) is 10.4. The van der Waals surface area contributed by atoms with Crippen molar-refractivity contribution in [2.75, 3.05) is 5.75 Å². The van der Waals surface area contributed by atoms with Gasteiger partial charge in [-0.25, -0.2) is 8.42 Å². The average Bonchev–Trinajstić information content (AvgIpc) is 2.84. The SMILES string of the molecule is CC[C@@H](CS(=O)(=O)C(C)C)N1C(=O)[C@](CC)(CC(=O)O)C[C@H](c2cccc(Cl)c2)[C@H]1c1ccc(Cl)cc1. The molecule has 4 atom stereocenters. The van der Waals surface area contributed by atoms with E-state index in [4.69, 9.17) is 23.2 Å². The highest BCUT2D eigenvalue weighted by molar-refractivity contribution is 7.92. The van der Waals surface area contributed by atoms with Gasteiger partial charge in [-0.2, -0.15) is 0 Å². The summed E-state index contributed by atoms with van der Waals surface area (Å²) in [6, 6.07) is 13.4. The Morgan fingerprint density at radius 2 is 1.73 bits per heavy atom. The maximum absolute atomic E-state index is 14.4. The first-order valence-electron chi connectivity index (χ1n) is 12.6. The molecule has 0 bridgehead atoms. The smallest absolute Gasteiger partial charge is 0.304 e. The van der Waals surface area contributed by atoms with Gasteiger partial charge in [-0.15, -0.1) is 0 Å². The first-order chi connectivity index (χ1) is 17.3. The predicted molar refractivity (Wildman–Crippen MR) is 148 cm³/mol. The van der Waals surface area contributed by atoms with Gasteiger partial charge in [0.1, 0.15) is 0 Å². The average molecular weight is 569 g/mol. The van der Waals surface area contributed by atoms with Crippen LogP contribution in [0.3, 0.4) is 0 Å². The van der Waals surface area contributed by atoms with Crippen LogP contribution in [0, 0.1) is 5.41 Å². The molecular formula is C28H35Cl2NO5S. The minimum Gasteiger partial charge on any atom is -0.481 e. The number of likely N-dealkylation sites (tertiary alicyclic amines) is 1. The number of carboxylic acids is 1. The van der Waals surface area contributed by atoms with Gasteiger partial charge in [-0.05, 0) is 68.5 Å². The topological polar surface area (TPSA) is 91.8 Å². The number of amides is 1. The number of nitrogens with zero attached hydrogens (tertiary/aromatic N) is 1. The minimum atomic E-state index is -3.50. The van der Waals surface area contributed by atoms with Gasteiger partial charge in [0, 0.05) is 22.0 Å². The fourth-order valence-corrected chi connectivity index (χ4v) is 7.05. The Hall–Kier alpha value is -2.09.